The van der Waals surface area contributed by atoms with Crippen LogP contribution in [0.15, 0.2) is 17.5 Å². The Morgan fingerprint density at radius 3 is 2.83 bits per heavy atom. The Morgan fingerprint density at radius 2 is 2.33 bits per heavy atom. The maximum absolute atomic E-state index is 11.9. The third kappa shape index (κ3) is 3.88. The highest BCUT2D eigenvalue weighted by molar-refractivity contribution is 7.09. The summed E-state index contributed by atoms with van der Waals surface area (Å²) in [6.45, 7) is 4.20. The number of carbonyl (C=O) groups excluding carboxylic acids is 1. The molecule has 1 N–H and O–H groups in total. The lowest BCUT2D eigenvalue weighted by atomic mass is 9.99. The second kappa shape index (κ2) is 6.43. The molecule has 0 aromatic carbocycles. The van der Waals surface area contributed by atoms with Crippen molar-refractivity contribution in [3.63, 3.8) is 0 Å². The van der Waals surface area contributed by atoms with Crippen molar-refractivity contribution in [2.24, 2.45) is 5.92 Å². The average molecular weight is 269 g/mol. The summed E-state index contributed by atoms with van der Waals surface area (Å²) in [5.74, 6) is 0.337. The average Bonchev–Trinajstić information content (AvgIpc) is 2.75. The van der Waals surface area contributed by atoms with Gasteiger partial charge in [0.2, 0.25) is 6.41 Å². The Hall–Kier alpha value is -0.750. The third-order valence-corrected chi connectivity index (χ3v) is 3.83. The fourth-order valence-corrected chi connectivity index (χ4v) is 2.55. The molecule has 0 radical (unpaired) electrons. The molecule has 18 heavy (non-hydrogen) atoms. The van der Waals surface area contributed by atoms with E-state index in [-0.39, 0.29) is 24.2 Å². The molecule has 1 fully saturated rings. The zero-order valence-corrected chi connectivity index (χ0v) is 11.5. The molecular weight excluding hydrogens is 250 g/mol. The van der Waals surface area contributed by atoms with Crippen molar-refractivity contribution in [1.29, 1.82) is 0 Å². The molecule has 1 aliphatic heterocycles. The van der Waals surface area contributed by atoms with E-state index >= 15 is 0 Å². The lowest BCUT2D eigenvalue weighted by molar-refractivity contribution is -0.335. The summed E-state index contributed by atoms with van der Waals surface area (Å²) < 4.78 is 10.4. The number of thiophene rings is 1. The summed E-state index contributed by atoms with van der Waals surface area (Å²) >= 11 is 1.71. The van der Waals surface area contributed by atoms with Crippen LogP contribution < -0.4 is 5.32 Å². The van der Waals surface area contributed by atoms with Crippen LogP contribution in [0, 0.1) is 5.92 Å². The van der Waals surface area contributed by atoms with Crippen molar-refractivity contribution in [3.8, 4) is 0 Å². The first-order chi connectivity index (χ1) is 8.65. The van der Waals surface area contributed by atoms with Crippen LogP contribution in [-0.4, -0.2) is 25.0 Å². The Morgan fingerprint density at radius 1 is 1.56 bits per heavy atom. The van der Waals surface area contributed by atoms with Gasteiger partial charge in [-0.3, -0.25) is 10.1 Å². The first-order valence-electron chi connectivity index (χ1n) is 6.19. The second-order valence-corrected chi connectivity index (χ2v) is 5.79. The Kier molecular flexibility index (Phi) is 4.88. The smallest absolute Gasteiger partial charge is 0.220 e. The summed E-state index contributed by atoms with van der Waals surface area (Å²) in [4.78, 5) is 13.1. The molecule has 2 heterocycles. The van der Waals surface area contributed by atoms with Crippen molar-refractivity contribution in [3.05, 3.63) is 22.4 Å². The van der Waals surface area contributed by atoms with Crippen molar-refractivity contribution >= 4 is 17.1 Å². The molecule has 1 unspecified atom stereocenters. The van der Waals surface area contributed by atoms with E-state index in [0.29, 0.717) is 13.2 Å². The molecule has 0 bridgehead atoms. The van der Waals surface area contributed by atoms with Gasteiger partial charge in [-0.15, -0.1) is 11.3 Å². The number of ketones is 1. The maximum atomic E-state index is 11.9. The number of hydrogen-bond donors (Lipinski definition) is 1. The van der Waals surface area contributed by atoms with Crippen LogP contribution in [0.4, 0.5) is 0 Å². The van der Waals surface area contributed by atoms with Gasteiger partial charge in [0.25, 0.3) is 0 Å². The number of hydrogen-bond acceptors (Lipinski definition) is 5. The lowest BCUT2D eigenvalue weighted by Crippen LogP contribution is -2.49. The molecule has 0 aliphatic carbocycles. The second-order valence-electron chi connectivity index (χ2n) is 4.76. The minimum absolute atomic E-state index is 0.0702. The first-order valence-corrected chi connectivity index (χ1v) is 7.07. The van der Waals surface area contributed by atoms with Gasteiger partial charge >= 0.3 is 0 Å². The molecule has 1 aliphatic rings. The summed E-state index contributed by atoms with van der Waals surface area (Å²) in [6, 6.07) is 4.18. The quantitative estimate of drug-likeness (QED) is 0.824. The van der Waals surface area contributed by atoms with E-state index in [1.807, 2.05) is 25.3 Å². The molecule has 2 rings (SSSR count). The molecule has 100 valence electrons. The van der Waals surface area contributed by atoms with Gasteiger partial charge in [-0.05, 0) is 17.9 Å². The van der Waals surface area contributed by atoms with Crippen molar-refractivity contribution < 1.29 is 14.3 Å². The van der Waals surface area contributed by atoms with Gasteiger partial charge in [0.1, 0.15) is 5.78 Å². The summed E-state index contributed by atoms with van der Waals surface area (Å²) in [7, 11) is 0. The topological polar surface area (TPSA) is 47.6 Å². The minimum atomic E-state index is -0.352. The van der Waals surface area contributed by atoms with Gasteiger partial charge in [0.05, 0.1) is 0 Å². The van der Waals surface area contributed by atoms with Gasteiger partial charge in [-0.2, -0.15) is 0 Å². The van der Waals surface area contributed by atoms with Crippen LogP contribution in [0.2, 0.25) is 0 Å². The Bertz CT molecular complexity index is 374. The van der Waals surface area contributed by atoms with Gasteiger partial charge in [-0.1, -0.05) is 19.9 Å². The monoisotopic (exact) mass is 269 g/mol. The van der Waals surface area contributed by atoms with E-state index in [1.165, 1.54) is 4.88 Å². The molecule has 1 aromatic heterocycles. The highest BCUT2D eigenvalue weighted by atomic mass is 32.1. The maximum Gasteiger partial charge on any atom is 0.220 e. The van der Waals surface area contributed by atoms with E-state index in [0.717, 1.165) is 6.42 Å². The zero-order chi connectivity index (χ0) is 13.0. The van der Waals surface area contributed by atoms with E-state index in [2.05, 4.69) is 11.4 Å². The number of ether oxygens (including phenoxy) is 2. The number of Topliss-reactive ketones (excluding diaryl/α,β-unsaturated/α-hetero) is 1. The highest BCUT2D eigenvalue weighted by Gasteiger charge is 2.25. The van der Waals surface area contributed by atoms with Crippen LogP contribution in [-0.2, 0) is 20.7 Å². The number of carbonyl (C=O) groups is 1. The van der Waals surface area contributed by atoms with Gasteiger partial charge in [0, 0.05) is 23.3 Å². The SMILES string of the molecule is CC(C)C(=O)CC(Cc1cccs1)NC1OCO1. The van der Waals surface area contributed by atoms with Crippen LogP contribution in [0.5, 0.6) is 0 Å². The zero-order valence-electron chi connectivity index (χ0n) is 10.7. The fourth-order valence-electron chi connectivity index (χ4n) is 1.76. The van der Waals surface area contributed by atoms with Crippen LogP contribution in [0.25, 0.3) is 0 Å². The van der Waals surface area contributed by atoms with Gasteiger partial charge < -0.3 is 9.47 Å². The largest absolute Gasteiger partial charge is 0.313 e. The van der Waals surface area contributed by atoms with Gasteiger partial charge in [0.15, 0.2) is 6.79 Å². The molecule has 5 heteroatoms. The molecule has 1 aromatic rings. The molecular formula is C13H19NO3S. The van der Waals surface area contributed by atoms with Crippen LogP contribution in [0.1, 0.15) is 25.1 Å². The third-order valence-electron chi connectivity index (χ3n) is 2.93. The first kappa shape index (κ1) is 13.7. The van der Waals surface area contributed by atoms with E-state index in [9.17, 15) is 4.79 Å². The standard InChI is InChI=1S/C13H19NO3S/c1-9(2)12(15)7-10(14-13-16-8-17-13)6-11-4-3-5-18-11/h3-5,9-10,13-14H,6-8H2,1-2H3. The number of nitrogens with one attached hydrogen (secondary N) is 1. The molecule has 0 amide bonds. The van der Waals surface area contributed by atoms with Crippen molar-refractivity contribution in [2.45, 2.75) is 39.1 Å². The summed E-state index contributed by atoms with van der Waals surface area (Å²) in [6.07, 6.45) is 0.993. The predicted molar refractivity (Wildman–Crippen MR) is 70.2 cm³/mol. The van der Waals surface area contributed by atoms with E-state index in [4.69, 9.17) is 9.47 Å². The minimum Gasteiger partial charge on any atom is -0.313 e. The molecule has 0 spiro atoms. The molecule has 1 saturated heterocycles. The van der Waals surface area contributed by atoms with E-state index in [1.54, 1.807) is 11.3 Å². The van der Waals surface area contributed by atoms with Crippen molar-refractivity contribution in [1.82, 2.24) is 5.32 Å². The number of rotatable bonds is 7. The van der Waals surface area contributed by atoms with Gasteiger partial charge in [-0.25, -0.2) is 0 Å². The molecule has 1 atom stereocenters. The highest BCUT2D eigenvalue weighted by Crippen LogP contribution is 2.16. The van der Waals surface area contributed by atoms with Crippen molar-refractivity contribution in [2.75, 3.05) is 6.79 Å². The predicted octanol–water partition coefficient (Wildman–Crippen LogP) is 2.15. The van der Waals surface area contributed by atoms with E-state index < -0.39 is 0 Å². The summed E-state index contributed by atoms with van der Waals surface area (Å²) in [5, 5.41) is 5.27. The fraction of sp³-hybridized carbons (Fsp3) is 0.615. The van der Waals surface area contributed by atoms with Crippen LogP contribution >= 0.6 is 11.3 Å². The molecule has 4 nitrogen and oxygen atoms in total. The lowest BCUT2D eigenvalue weighted by Gasteiger charge is -2.31. The Balaban J connectivity index is 1.90. The Labute approximate surface area is 111 Å². The normalized spacial score (nSPS) is 17.7. The summed E-state index contributed by atoms with van der Waals surface area (Å²) in [5.41, 5.74) is 0. The van der Waals surface area contributed by atoms with Crippen LogP contribution in [0.3, 0.4) is 0 Å². The molecule has 0 saturated carbocycles.